The number of ether oxygens (including phenoxy) is 1. The lowest BCUT2D eigenvalue weighted by atomic mass is 9.70. The van der Waals surface area contributed by atoms with E-state index in [2.05, 4.69) is 39.5 Å². The number of nitrogens with zero attached hydrogens (tertiary/aromatic N) is 1. The van der Waals surface area contributed by atoms with Gasteiger partial charge in [-0.05, 0) is 49.1 Å². The minimum atomic E-state index is -0.360. The Hall–Kier alpha value is -0.120. The average molecular weight is 283 g/mol. The second kappa shape index (κ2) is 5.94. The van der Waals surface area contributed by atoms with Gasteiger partial charge < -0.3 is 14.7 Å². The van der Waals surface area contributed by atoms with Crippen LogP contribution in [0.25, 0.3) is 0 Å². The second-order valence-corrected chi connectivity index (χ2v) is 7.57. The van der Waals surface area contributed by atoms with Crippen molar-refractivity contribution in [2.24, 2.45) is 16.7 Å². The number of hydrogen-bond donors (Lipinski definition) is 1. The molecular formula is C17H33NO2. The molecule has 0 aromatic heterocycles. The highest BCUT2D eigenvalue weighted by Crippen LogP contribution is 2.66. The van der Waals surface area contributed by atoms with Gasteiger partial charge in [-0.2, -0.15) is 0 Å². The molecule has 2 rings (SSSR count). The summed E-state index contributed by atoms with van der Waals surface area (Å²) < 4.78 is 6.15. The topological polar surface area (TPSA) is 32.7 Å². The van der Waals surface area contributed by atoms with Gasteiger partial charge in [0.2, 0.25) is 0 Å². The zero-order valence-electron chi connectivity index (χ0n) is 14.0. The molecule has 0 saturated heterocycles. The molecule has 118 valence electrons. The highest BCUT2D eigenvalue weighted by Gasteiger charge is 2.61. The fourth-order valence-electron chi connectivity index (χ4n) is 4.44. The maximum Gasteiger partial charge on any atom is 0.0900 e. The van der Waals surface area contributed by atoms with E-state index in [0.29, 0.717) is 23.5 Å². The number of rotatable bonds is 7. The molecule has 2 aliphatic rings. The van der Waals surface area contributed by atoms with Crippen molar-refractivity contribution in [2.75, 3.05) is 26.2 Å². The summed E-state index contributed by atoms with van der Waals surface area (Å²) in [4.78, 5) is 2.25. The van der Waals surface area contributed by atoms with Gasteiger partial charge in [0.1, 0.15) is 0 Å². The summed E-state index contributed by atoms with van der Waals surface area (Å²) in [6.07, 6.45) is 3.79. The van der Waals surface area contributed by atoms with Crippen LogP contribution in [0.3, 0.4) is 0 Å². The summed E-state index contributed by atoms with van der Waals surface area (Å²) in [6.45, 7) is 14.7. The van der Waals surface area contributed by atoms with Gasteiger partial charge in [0.05, 0.1) is 18.8 Å². The third kappa shape index (κ3) is 2.65. The Bertz CT molecular complexity index is 327. The van der Waals surface area contributed by atoms with Crippen molar-refractivity contribution < 1.29 is 9.84 Å². The summed E-state index contributed by atoms with van der Waals surface area (Å²) in [7, 11) is 0. The van der Waals surface area contributed by atoms with Gasteiger partial charge in [-0.25, -0.2) is 0 Å². The van der Waals surface area contributed by atoms with E-state index in [-0.39, 0.29) is 6.10 Å². The van der Waals surface area contributed by atoms with E-state index in [1.54, 1.807) is 0 Å². The van der Waals surface area contributed by atoms with Crippen molar-refractivity contribution in [2.45, 2.75) is 66.1 Å². The summed E-state index contributed by atoms with van der Waals surface area (Å²) in [5.74, 6) is 0.803. The van der Waals surface area contributed by atoms with Crippen LogP contribution in [-0.4, -0.2) is 48.5 Å². The molecular weight excluding hydrogens is 250 g/mol. The van der Waals surface area contributed by atoms with Crippen LogP contribution >= 0.6 is 0 Å². The Labute approximate surface area is 124 Å². The van der Waals surface area contributed by atoms with Gasteiger partial charge in [-0.15, -0.1) is 0 Å². The minimum Gasteiger partial charge on any atom is -0.389 e. The second-order valence-electron chi connectivity index (χ2n) is 7.57. The van der Waals surface area contributed by atoms with Gasteiger partial charge >= 0.3 is 0 Å². The van der Waals surface area contributed by atoms with Gasteiger partial charge in [0.25, 0.3) is 0 Å². The predicted octanol–water partition coefficient (Wildman–Crippen LogP) is 2.92. The molecule has 0 aromatic rings. The van der Waals surface area contributed by atoms with Crippen molar-refractivity contribution in [3.8, 4) is 0 Å². The van der Waals surface area contributed by atoms with E-state index in [9.17, 15) is 5.11 Å². The maximum absolute atomic E-state index is 10.2. The third-order valence-electron chi connectivity index (χ3n) is 6.57. The van der Waals surface area contributed by atoms with Crippen LogP contribution in [0.5, 0.6) is 0 Å². The Morgan fingerprint density at radius 2 is 1.90 bits per heavy atom. The fourth-order valence-corrected chi connectivity index (χ4v) is 4.44. The minimum absolute atomic E-state index is 0.298. The number of likely N-dealkylation sites (N-methyl/N-ethyl adjacent to an activating group) is 1. The normalized spacial score (nSPS) is 36.8. The summed E-state index contributed by atoms with van der Waals surface area (Å²) >= 11 is 0. The molecule has 0 amide bonds. The summed E-state index contributed by atoms with van der Waals surface area (Å²) in [5, 5.41) is 10.2. The molecule has 2 saturated carbocycles. The Balaban J connectivity index is 1.84. The van der Waals surface area contributed by atoms with Crippen LogP contribution in [0, 0.1) is 16.7 Å². The number of fused-ring (bicyclic) bond motifs is 2. The molecule has 2 bridgehead atoms. The monoisotopic (exact) mass is 283 g/mol. The Morgan fingerprint density at radius 3 is 2.35 bits per heavy atom. The van der Waals surface area contributed by atoms with Crippen molar-refractivity contribution in [3.05, 3.63) is 0 Å². The lowest BCUT2D eigenvalue weighted by Crippen LogP contribution is -2.40. The molecule has 1 N–H and O–H groups in total. The molecule has 0 spiro atoms. The molecule has 0 radical (unpaired) electrons. The first-order chi connectivity index (χ1) is 9.35. The van der Waals surface area contributed by atoms with E-state index < -0.39 is 0 Å². The molecule has 2 aliphatic carbocycles. The maximum atomic E-state index is 10.2. The van der Waals surface area contributed by atoms with Crippen molar-refractivity contribution in [1.29, 1.82) is 0 Å². The average Bonchev–Trinajstić information content (AvgIpc) is 2.75. The highest BCUT2D eigenvalue weighted by molar-refractivity contribution is 5.11. The SMILES string of the molecule is CCN(CC)C[C@@H](O)CO[C@H]1C[C@@H]2CC[C@]1(C)C2(C)C. The quantitative estimate of drug-likeness (QED) is 0.780. The number of aliphatic hydroxyl groups is 1. The molecule has 0 heterocycles. The summed E-state index contributed by atoms with van der Waals surface area (Å²) in [5.41, 5.74) is 0.689. The van der Waals surface area contributed by atoms with Gasteiger partial charge in [-0.3, -0.25) is 0 Å². The van der Waals surface area contributed by atoms with Crippen molar-refractivity contribution in [3.63, 3.8) is 0 Å². The first kappa shape index (κ1) is 16.3. The highest BCUT2D eigenvalue weighted by atomic mass is 16.5. The van der Waals surface area contributed by atoms with Crippen LogP contribution < -0.4 is 0 Å². The third-order valence-corrected chi connectivity index (χ3v) is 6.57. The van der Waals surface area contributed by atoms with Gasteiger partial charge in [0, 0.05) is 6.54 Å². The van der Waals surface area contributed by atoms with E-state index in [1.807, 2.05) is 0 Å². The van der Waals surface area contributed by atoms with Crippen molar-refractivity contribution in [1.82, 2.24) is 4.90 Å². The first-order valence-electron chi connectivity index (χ1n) is 8.37. The van der Waals surface area contributed by atoms with Crippen LogP contribution in [0.15, 0.2) is 0 Å². The number of hydrogen-bond acceptors (Lipinski definition) is 3. The Morgan fingerprint density at radius 1 is 1.25 bits per heavy atom. The zero-order valence-corrected chi connectivity index (χ0v) is 14.0. The smallest absolute Gasteiger partial charge is 0.0900 e. The zero-order chi connectivity index (χ0) is 15.0. The Kier molecular flexibility index (Phi) is 4.83. The molecule has 20 heavy (non-hydrogen) atoms. The molecule has 0 aliphatic heterocycles. The first-order valence-corrected chi connectivity index (χ1v) is 8.37. The van der Waals surface area contributed by atoms with Gasteiger partial charge in [-0.1, -0.05) is 34.6 Å². The van der Waals surface area contributed by atoms with Crippen LogP contribution in [0.1, 0.15) is 53.9 Å². The van der Waals surface area contributed by atoms with Gasteiger partial charge in [0.15, 0.2) is 0 Å². The van der Waals surface area contributed by atoms with Crippen LogP contribution in [0.2, 0.25) is 0 Å². The van der Waals surface area contributed by atoms with Crippen LogP contribution in [-0.2, 0) is 4.74 Å². The molecule has 2 fully saturated rings. The predicted molar refractivity (Wildman–Crippen MR) is 82.8 cm³/mol. The molecule has 4 atom stereocenters. The van der Waals surface area contributed by atoms with E-state index >= 15 is 0 Å². The largest absolute Gasteiger partial charge is 0.389 e. The molecule has 3 nitrogen and oxygen atoms in total. The lowest BCUT2D eigenvalue weighted by Gasteiger charge is -2.39. The number of aliphatic hydroxyl groups excluding tert-OH is 1. The van der Waals surface area contributed by atoms with E-state index in [0.717, 1.165) is 25.6 Å². The standard InChI is InChI=1S/C17H33NO2/c1-6-18(7-2)11-14(19)12-20-15-10-13-8-9-17(15,5)16(13,3)4/h13-15,19H,6-12H2,1-5H3/t13-,14+,15-,17-/m0/s1. The fraction of sp³-hybridized carbons (Fsp3) is 1.00. The lowest BCUT2D eigenvalue weighted by molar-refractivity contribution is -0.0789. The van der Waals surface area contributed by atoms with Crippen molar-refractivity contribution >= 4 is 0 Å². The van der Waals surface area contributed by atoms with Crippen LogP contribution in [0.4, 0.5) is 0 Å². The molecule has 0 aromatic carbocycles. The summed E-state index contributed by atoms with van der Waals surface area (Å²) in [6, 6.07) is 0. The van der Waals surface area contributed by atoms with E-state index in [4.69, 9.17) is 4.74 Å². The molecule has 3 heteroatoms. The molecule has 0 unspecified atom stereocenters. The van der Waals surface area contributed by atoms with E-state index in [1.165, 1.54) is 19.3 Å².